The third-order valence-electron chi connectivity index (χ3n) is 9.01. The lowest BCUT2D eigenvalue weighted by atomic mass is 9.84. The van der Waals surface area contributed by atoms with Gasteiger partial charge in [0.15, 0.2) is 0 Å². The van der Waals surface area contributed by atoms with E-state index in [9.17, 15) is 28.4 Å². The Morgan fingerprint density at radius 1 is 0.898 bits per heavy atom. The maximum atomic E-state index is 15.7. The zero-order valence-corrected chi connectivity index (χ0v) is 34.6. The molecule has 1 fully saturated rings. The maximum absolute atomic E-state index is 15.7. The van der Waals surface area contributed by atoms with E-state index in [2.05, 4.69) is 21.7 Å². The molecular weight excluding hydrogens is 784 g/mol. The minimum Gasteiger partial charge on any atom is -0.444 e. The van der Waals surface area contributed by atoms with Gasteiger partial charge in [0.2, 0.25) is 5.91 Å². The number of thioether (sulfide) groups is 1. The number of carbonyl (C=O) groups excluding carboxylic acids is 3. The molecule has 312 valence electrons. The van der Waals surface area contributed by atoms with Crippen LogP contribution in [-0.4, -0.2) is 76.3 Å². The number of anilines is 1. The van der Waals surface area contributed by atoms with Crippen LogP contribution in [0.3, 0.4) is 0 Å². The van der Waals surface area contributed by atoms with E-state index in [-0.39, 0.29) is 37.2 Å². The summed E-state index contributed by atoms with van der Waals surface area (Å²) < 4.78 is 61.6. The molecule has 0 aliphatic carbocycles. The molecule has 1 aliphatic rings. The number of rotatable bonds is 12. The second-order valence-corrected chi connectivity index (χ2v) is 17.2. The molecule has 15 heteroatoms. The molecule has 3 amide bonds. The van der Waals surface area contributed by atoms with Crippen molar-refractivity contribution in [2.45, 2.75) is 94.6 Å². The van der Waals surface area contributed by atoms with Crippen LogP contribution in [-0.2, 0) is 25.4 Å². The van der Waals surface area contributed by atoms with E-state index >= 15 is 4.39 Å². The van der Waals surface area contributed by atoms with E-state index in [0.717, 1.165) is 11.1 Å². The third-order valence-corrected chi connectivity index (χ3v) is 10.1. The SMILES string of the molecule is CC(C)(C)OC(=O)NC(C(=O)Nc1cncc(F)c1CCC1CN(C(=O)OC(C)(C)C)CC(CSc2cccc(C#N)c2)O1)C(c1ccc(F)cc1)c1ccc(F)cc1. The Bertz CT molecular complexity index is 2090. The van der Waals surface area contributed by atoms with Gasteiger partial charge < -0.3 is 29.7 Å². The van der Waals surface area contributed by atoms with Gasteiger partial charge in [-0.25, -0.2) is 22.8 Å². The lowest BCUT2D eigenvalue weighted by Gasteiger charge is -2.38. The summed E-state index contributed by atoms with van der Waals surface area (Å²) in [5.41, 5.74) is -0.213. The predicted octanol–water partition coefficient (Wildman–Crippen LogP) is 8.76. The Balaban J connectivity index is 1.41. The van der Waals surface area contributed by atoms with Crippen LogP contribution in [0.1, 0.15) is 76.1 Å². The Morgan fingerprint density at radius 3 is 2.10 bits per heavy atom. The number of nitriles is 1. The molecule has 59 heavy (non-hydrogen) atoms. The first-order chi connectivity index (χ1) is 27.9. The van der Waals surface area contributed by atoms with Gasteiger partial charge >= 0.3 is 12.2 Å². The van der Waals surface area contributed by atoms with Crippen LogP contribution >= 0.6 is 11.8 Å². The van der Waals surface area contributed by atoms with Crippen LogP contribution < -0.4 is 10.6 Å². The lowest BCUT2D eigenvalue weighted by molar-refractivity contribution is -0.118. The van der Waals surface area contributed by atoms with Crippen molar-refractivity contribution >= 4 is 35.5 Å². The van der Waals surface area contributed by atoms with Crippen molar-refractivity contribution in [3.05, 3.63) is 125 Å². The first-order valence-corrected chi connectivity index (χ1v) is 20.1. The van der Waals surface area contributed by atoms with Crippen molar-refractivity contribution in [3.63, 3.8) is 0 Å². The van der Waals surface area contributed by atoms with Crippen molar-refractivity contribution in [3.8, 4) is 6.07 Å². The molecule has 2 N–H and O–H groups in total. The molecule has 1 aliphatic heterocycles. The van der Waals surface area contributed by atoms with Gasteiger partial charge in [0, 0.05) is 22.1 Å². The number of benzene rings is 3. The highest BCUT2D eigenvalue weighted by atomic mass is 32.2. The molecule has 2 heterocycles. The molecule has 3 unspecified atom stereocenters. The molecule has 0 saturated carbocycles. The summed E-state index contributed by atoms with van der Waals surface area (Å²) in [4.78, 5) is 47.4. The van der Waals surface area contributed by atoms with Crippen molar-refractivity contribution in [1.29, 1.82) is 5.26 Å². The predicted molar refractivity (Wildman–Crippen MR) is 217 cm³/mol. The number of aromatic nitrogens is 1. The van der Waals surface area contributed by atoms with Crippen LogP contribution in [0.25, 0.3) is 0 Å². The number of pyridine rings is 1. The highest BCUT2D eigenvalue weighted by Crippen LogP contribution is 2.32. The summed E-state index contributed by atoms with van der Waals surface area (Å²) in [7, 11) is 0. The number of hydrogen-bond donors (Lipinski definition) is 2. The average Bonchev–Trinajstić information content (AvgIpc) is 3.16. The Kier molecular flexibility index (Phi) is 14.7. The highest BCUT2D eigenvalue weighted by Gasteiger charge is 2.36. The molecule has 0 bridgehead atoms. The number of nitrogens with zero attached hydrogens (tertiary/aromatic N) is 3. The van der Waals surface area contributed by atoms with Gasteiger partial charge in [-0.2, -0.15) is 5.26 Å². The zero-order valence-electron chi connectivity index (χ0n) is 33.8. The molecule has 0 spiro atoms. The summed E-state index contributed by atoms with van der Waals surface area (Å²) in [6.45, 7) is 10.7. The number of morpholine rings is 1. The fourth-order valence-corrected chi connectivity index (χ4v) is 7.43. The summed E-state index contributed by atoms with van der Waals surface area (Å²) in [6.07, 6.45) is 0.125. The summed E-state index contributed by atoms with van der Waals surface area (Å²) in [6, 6.07) is 18.5. The first kappa shape index (κ1) is 44.5. The third kappa shape index (κ3) is 13.2. The van der Waals surface area contributed by atoms with Crippen molar-refractivity contribution in [1.82, 2.24) is 15.2 Å². The van der Waals surface area contributed by atoms with Crippen molar-refractivity contribution in [2.24, 2.45) is 0 Å². The Labute approximate surface area is 346 Å². The minimum atomic E-state index is -1.44. The van der Waals surface area contributed by atoms with Crippen molar-refractivity contribution in [2.75, 3.05) is 24.2 Å². The summed E-state index contributed by atoms with van der Waals surface area (Å²) in [5.74, 6) is -3.10. The van der Waals surface area contributed by atoms with Crippen LogP contribution in [0.5, 0.6) is 0 Å². The fraction of sp³-hybridized carbons (Fsp3) is 0.386. The van der Waals surface area contributed by atoms with Crippen LogP contribution in [0.2, 0.25) is 0 Å². The van der Waals surface area contributed by atoms with Gasteiger partial charge in [0.05, 0.1) is 55.0 Å². The standard InChI is InChI=1S/C44H48F3N5O6S/c1-43(2,3)57-41(54)51-39(38(28-10-14-30(45)15-11-28)29-12-16-31(46)17-13-29)40(53)50-37-23-49-22-36(47)35(37)19-18-32-24-52(42(55)58-44(4,5)6)25-33(56-32)26-59-34-9-7-8-27(20-34)21-48/h7-17,20,22-23,32-33,38-39H,18-19,24-26H2,1-6H3,(H,50,53)(H,51,54). The average molecular weight is 832 g/mol. The molecular formula is C44H48F3N5O6S. The van der Waals surface area contributed by atoms with Gasteiger partial charge in [-0.3, -0.25) is 9.78 Å². The van der Waals surface area contributed by atoms with E-state index in [1.807, 2.05) is 6.07 Å². The summed E-state index contributed by atoms with van der Waals surface area (Å²) >= 11 is 1.47. The van der Waals surface area contributed by atoms with E-state index < -0.39 is 70.9 Å². The van der Waals surface area contributed by atoms with E-state index in [4.69, 9.17) is 14.2 Å². The molecule has 5 rings (SSSR count). The molecule has 1 aromatic heterocycles. The topological polar surface area (TPSA) is 143 Å². The quantitative estimate of drug-likeness (QED) is 0.134. The monoisotopic (exact) mass is 831 g/mol. The number of amides is 3. The number of carbonyl (C=O) groups is 3. The molecule has 0 radical (unpaired) electrons. The van der Waals surface area contributed by atoms with Gasteiger partial charge in [0.25, 0.3) is 0 Å². The maximum Gasteiger partial charge on any atom is 0.410 e. The van der Waals surface area contributed by atoms with Crippen LogP contribution in [0.4, 0.5) is 28.4 Å². The van der Waals surface area contributed by atoms with Crippen molar-refractivity contribution < 1.29 is 41.8 Å². The first-order valence-electron chi connectivity index (χ1n) is 19.1. The van der Waals surface area contributed by atoms with Gasteiger partial charge in [-0.05, 0) is 108 Å². The zero-order chi connectivity index (χ0) is 42.9. The number of hydrogen-bond acceptors (Lipinski definition) is 9. The Hall–Kier alpha value is -5.59. The molecule has 1 saturated heterocycles. The normalized spacial score (nSPS) is 16.2. The Morgan fingerprint density at radius 2 is 1.51 bits per heavy atom. The van der Waals surface area contributed by atoms with Gasteiger partial charge in [-0.1, -0.05) is 30.3 Å². The van der Waals surface area contributed by atoms with E-state index in [1.165, 1.54) is 66.5 Å². The number of ether oxygens (including phenoxy) is 3. The van der Waals surface area contributed by atoms with Gasteiger partial charge in [0.1, 0.15) is 34.7 Å². The summed E-state index contributed by atoms with van der Waals surface area (Å²) in [5, 5.41) is 14.7. The number of halogens is 3. The second kappa shape index (κ2) is 19.4. The van der Waals surface area contributed by atoms with Gasteiger partial charge in [-0.15, -0.1) is 11.8 Å². The fourth-order valence-electron chi connectivity index (χ4n) is 6.49. The van der Waals surface area contributed by atoms with E-state index in [1.54, 1.807) is 64.6 Å². The van der Waals surface area contributed by atoms with Crippen LogP contribution in [0.15, 0.2) is 90.1 Å². The minimum absolute atomic E-state index is 0.0206. The number of nitrogens with one attached hydrogen (secondary N) is 2. The second-order valence-electron chi connectivity index (χ2n) is 16.1. The van der Waals surface area contributed by atoms with E-state index in [0.29, 0.717) is 22.4 Å². The molecule has 4 aromatic rings. The smallest absolute Gasteiger partial charge is 0.410 e. The largest absolute Gasteiger partial charge is 0.444 e. The number of alkyl carbamates (subject to hydrolysis) is 1. The lowest BCUT2D eigenvalue weighted by Crippen LogP contribution is -2.52. The molecule has 3 aromatic carbocycles. The van der Waals surface area contributed by atoms with Crippen LogP contribution in [0, 0.1) is 28.8 Å². The molecule has 11 nitrogen and oxygen atoms in total. The highest BCUT2D eigenvalue weighted by molar-refractivity contribution is 7.99. The molecule has 3 atom stereocenters.